The highest BCUT2D eigenvalue weighted by molar-refractivity contribution is 7.86. The minimum absolute atomic E-state index is 0.132. The predicted molar refractivity (Wildman–Crippen MR) is 191 cm³/mol. The van der Waals surface area contributed by atoms with E-state index < -0.39 is 15.0 Å². The Morgan fingerprint density at radius 3 is 1.47 bits per heavy atom. The Labute approximate surface area is 295 Å². The molecule has 0 aliphatic heterocycles. The quantitative estimate of drug-likeness (QED) is 0.0757. The molecule has 0 aliphatic carbocycles. The molecule has 0 aliphatic rings. The molecule has 0 spiro atoms. The molecule has 0 fully saturated rings. The molecule has 0 amide bonds. The zero-order valence-corrected chi connectivity index (χ0v) is 28.2. The number of aryl methyl sites for hydroxylation is 1. The van der Waals surface area contributed by atoms with Crippen molar-refractivity contribution in [3.05, 3.63) is 156 Å². The van der Waals surface area contributed by atoms with E-state index in [4.69, 9.17) is 30.1 Å². The van der Waals surface area contributed by atoms with Crippen LogP contribution in [0.5, 0.6) is 51.7 Å². The van der Waals surface area contributed by atoms with Gasteiger partial charge in [-0.1, -0.05) is 5.92 Å². The van der Waals surface area contributed by atoms with Gasteiger partial charge in [0, 0.05) is 22.8 Å². The molecule has 0 saturated carbocycles. The van der Waals surface area contributed by atoms with E-state index in [1.807, 2.05) is 31.2 Å². The summed E-state index contributed by atoms with van der Waals surface area (Å²) < 4.78 is 63.0. The van der Waals surface area contributed by atoms with Crippen LogP contribution in [-0.2, 0) is 10.1 Å². The van der Waals surface area contributed by atoms with Crippen molar-refractivity contribution < 1.29 is 41.4 Å². The normalized spacial score (nSPS) is 10.9. The predicted octanol–water partition coefficient (Wildman–Crippen LogP) is 9.63. The fourth-order valence-electron chi connectivity index (χ4n) is 5.00. The third-order valence-electron chi connectivity index (χ3n) is 7.46. The second-order valence-electron chi connectivity index (χ2n) is 11.2. The highest BCUT2D eigenvalue weighted by atomic mass is 32.2. The second kappa shape index (κ2) is 14.9. The van der Waals surface area contributed by atoms with Gasteiger partial charge in [-0.15, -0.1) is 6.42 Å². The van der Waals surface area contributed by atoms with Gasteiger partial charge in [-0.05, 0) is 140 Å². The van der Waals surface area contributed by atoms with E-state index in [2.05, 4.69) is 5.92 Å². The molecule has 6 aromatic carbocycles. The first kappa shape index (κ1) is 34.3. The lowest BCUT2D eigenvalue weighted by atomic mass is 10.0. The third kappa shape index (κ3) is 8.74. The molecule has 0 bridgehead atoms. The molecule has 6 rings (SSSR count). The van der Waals surface area contributed by atoms with Gasteiger partial charge in [0.1, 0.15) is 56.6 Å². The molecule has 1 N–H and O–H groups in total. The van der Waals surface area contributed by atoms with E-state index in [9.17, 15) is 17.8 Å². The Hall–Kier alpha value is -6.54. The Morgan fingerprint density at radius 2 is 1.00 bits per heavy atom. The fraction of sp³-hybridized carbons (Fsp3) is 0.0488. The Bertz CT molecular complexity index is 2330. The lowest BCUT2D eigenvalue weighted by Crippen LogP contribution is -2.03. The summed E-state index contributed by atoms with van der Waals surface area (Å²) in [6.07, 6.45) is 5.50. The van der Waals surface area contributed by atoms with Crippen molar-refractivity contribution in [1.82, 2.24) is 0 Å². The molecule has 51 heavy (non-hydrogen) atoms. The summed E-state index contributed by atoms with van der Waals surface area (Å²) in [6, 6.07) is 36.5. The maximum Gasteiger partial charge on any atom is 0.298 e. The number of carbonyl (C=O) groups is 1. The molecule has 0 radical (unpaired) electrons. The Morgan fingerprint density at radius 1 is 0.569 bits per heavy atom. The summed E-state index contributed by atoms with van der Waals surface area (Å²) in [6.45, 7) is 1.85. The molecular formula is C41H30O9S. The van der Waals surface area contributed by atoms with Crippen LogP contribution >= 0.6 is 0 Å². The van der Waals surface area contributed by atoms with Crippen molar-refractivity contribution in [3.8, 4) is 64.1 Å². The molecule has 0 unspecified atom stereocenters. The van der Waals surface area contributed by atoms with Crippen molar-refractivity contribution in [3.63, 3.8) is 0 Å². The zero-order valence-electron chi connectivity index (χ0n) is 27.4. The molecule has 254 valence electrons. The van der Waals surface area contributed by atoms with Gasteiger partial charge in [0.05, 0.1) is 7.11 Å². The lowest BCUT2D eigenvalue weighted by Gasteiger charge is -2.13. The first-order valence-electron chi connectivity index (χ1n) is 15.5. The number of hydrogen-bond acceptors (Lipinski definition) is 8. The number of methoxy groups -OCH3 is 1. The van der Waals surface area contributed by atoms with E-state index in [1.165, 1.54) is 24.3 Å². The average molecular weight is 699 g/mol. The van der Waals surface area contributed by atoms with Gasteiger partial charge in [0.15, 0.2) is 5.78 Å². The topological polar surface area (TPSA) is 118 Å². The second-order valence-corrected chi connectivity index (χ2v) is 12.6. The summed E-state index contributed by atoms with van der Waals surface area (Å²) in [5.41, 5.74) is 2.28. The van der Waals surface area contributed by atoms with Crippen LogP contribution in [0, 0.1) is 19.3 Å². The zero-order chi connectivity index (χ0) is 36.0. The summed E-state index contributed by atoms with van der Waals surface area (Å²) in [5.74, 6) is 6.16. The van der Waals surface area contributed by atoms with Gasteiger partial charge in [0.2, 0.25) is 0 Å². The highest BCUT2D eigenvalue weighted by Crippen LogP contribution is 2.35. The van der Waals surface area contributed by atoms with Gasteiger partial charge < -0.3 is 23.7 Å². The summed E-state index contributed by atoms with van der Waals surface area (Å²) in [4.78, 5) is 12.7. The fourth-order valence-corrected chi connectivity index (χ4v) is 5.63. The molecule has 0 aromatic heterocycles. The van der Waals surface area contributed by atoms with E-state index >= 15 is 0 Å². The molecule has 0 heterocycles. The van der Waals surface area contributed by atoms with Crippen LogP contribution in [0.2, 0.25) is 0 Å². The molecule has 6 aromatic rings. The number of ketones is 1. The largest absolute Gasteiger partial charge is 0.497 e. The minimum Gasteiger partial charge on any atom is -0.497 e. The third-order valence-corrected chi connectivity index (χ3v) is 8.34. The number of benzene rings is 6. The standard InChI is InChI=1S/C41H30O9S/c1-4-28-23-27(2)24-38(25-28)49-37-21-22-39(40(26-37)51(43,44)45)50-36-11-7-30(8-12-36)41(42)29-5-9-32(10-6-29)47-34-17-19-35(20-18-34)48-33-15-13-31(46-3)14-16-33/h1,5-26H,2-3H3,(H,43,44,45). The molecular weight excluding hydrogens is 669 g/mol. The first-order valence-corrected chi connectivity index (χ1v) is 16.9. The number of terminal acetylenes is 1. The van der Waals surface area contributed by atoms with E-state index in [0.29, 0.717) is 45.4 Å². The van der Waals surface area contributed by atoms with Gasteiger partial charge >= 0.3 is 0 Å². The van der Waals surface area contributed by atoms with Crippen molar-refractivity contribution >= 4 is 15.9 Å². The maximum atomic E-state index is 13.2. The number of rotatable bonds is 12. The van der Waals surface area contributed by atoms with E-state index in [0.717, 1.165) is 17.4 Å². The van der Waals surface area contributed by atoms with Crippen LogP contribution < -0.4 is 23.7 Å². The first-order chi connectivity index (χ1) is 24.6. The molecule has 9 nitrogen and oxygen atoms in total. The lowest BCUT2D eigenvalue weighted by molar-refractivity contribution is 0.103. The van der Waals surface area contributed by atoms with Crippen molar-refractivity contribution in [2.24, 2.45) is 0 Å². The van der Waals surface area contributed by atoms with Crippen LogP contribution in [0.3, 0.4) is 0 Å². The van der Waals surface area contributed by atoms with Gasteiger partial charge in [-0.3, -0.25) is 9.35 Å². The van der Waals surface area contributed by atoms with Crippen molar-refractivity contribution in [1.29, 1.82) is 0 Å². The van der Waals surface area contributed by atoms with Gasteiger partial charge in [0.25, 0.3) is 10.1 Å². The van der Waals surface area contributed by atoms with Crippen molar-refractivity contribution in [2.75, 3.05) is 7.11 Å². The number of hydrogen-bond donors (Lipinski definition) is 1. The van der Waals surface area contributed by atoms with Crippen LogP contribution in [0.1, 0.15) is 27.0 Å². The van der Waals surface area contributed by atoms with Crippen LogP contribution in [0.25, 0.3) is 0 Å². The molecule has 0 saturated heterocycles. The van der Waals surface area contributed by atoms with Crippen molar-refractivity contribution in [2.45, 2.75) is 11.8 Å². The van der Waals surface area contributed by atoms with Gasteiger partial charge in [-0.2, -0.15) is 8.42 Å². The SMILES string of the molecule is C#Cc1cc(C)cc(Oc2ccc(Oc3ccc(C(=O)c4ccc(Oc5ccc(Oc6ccc(OC)cc6)cc5)cc4)cc3)c(S(=O)(=O)O)c2)c1. The van der Waals surface area contributed by atoms with Gasteiger partial charge in [-0.25, -0.2) is 0 Å². The number of carbonyl (C=O) groups excluding carboxylic acids is 1. The summed E-state index contributed by atoms with van der Waals surface area (Å²) >= 11 is 0. The minimum atomic E-state index is -4.70. The van der Waals surface area contributed by atoms with Crippen LogP contribution in [-0.4, -0.2) is 25.9 Å². The molecule has 0 atom stereocenters. The monoisotopic (exact) mass is 698 g/mol. The van der Waals surface area contributed by atoms with Crippen LogP contribution in [0.4, 0.5) is 0 Å². The van der Waals surface area contributed by atoms with E-state index in [1.54, 1.807) is 86.0 Å². The number of ether oxygens (including phenoxy) is 5. The summed E-state index contributed by atoms with van der Waals surface area (Å²) in [5, 5.41) is 0. The van der Waals surface area contributed by atoms with Crippen LogP contribution in [0.15, 0.2) is 138 Å². The Kier molecular flexibility index (Phi) is 10.0. The highest BCUT2D eigenvalue weighted by Gasteiger charge is 2.20. The van der Waals surface area contributed by atoms with E-state index in [-0.39, 0.29) is 23.0 Å². The summed E-state index contributed by atoms with van der Waals surface area (Å²) in [7, 11) is -3.09. The smallest absolute Gasteiger partial charge is 0.298 e. The average Bonchev–Trinajstić information content (AvgIpc) is 3.13. The molecule has 10 heteroatoms. The maximum absolute atomic E-state index is 13.2. The Balaban J connectivity index is 1.08.